The van der Waals surface area contributed by atoms with Gasteiger partial charge in [-0.05, 0) is 13.8 Å². The molecule has 0 aliphatic rings. The first kappa shape index (κ1) is 16.6. The first-order chi connectivity index (χ1) is 12.5. The number of benzene rings is 1. The van der Waals surface area contributed by atoms with Crippen molar-refractivity contribution < 1.29 is 4.79 Å². The molecule has 130 valence electrons. The lowest BCUT2D eigenvalue weighted by atomic mass is 10.2. The van der Waals surface area contributed by atoms with Crippen LogP contribution in [0.1, 0.15) is 21.1 Å². The van der Waals surface area contributed by atoms with Crippen LogP contribution in [0.15, 0.2) is 46.7 Å². The second kappa shape index (κ2) is 6.47. The minimum atomic E-state index is -0.348. The molecule has 0 radical (unpaired) electrons. The van der Waals surface area contributed by atoms with Gasteiger partial charge in [0.05, 0.1) is 11.4 Å². The van der Waals surface area contributed by atoms with E-state index in [0.29, 0.717) is 21.2 Å². The molecular weight excluding hydrogens is 368 g/mol. The minimum Gasteiger partial charge on any atom is -0.315 e. The first-order valence-corrected chi connectivity index (χ1v) is 9.55. The van der Waals surface area contributed by atoms with E-state index in [4.69, 9.17) is 0 Å². The van der Waals surface area contributed by atoms with Gasteiger partial charge in [-0.2, -0.15) is 0 Å². The SMILES string of the molecule is Cc1nc(-c2ccccc2)sc1C(=O)Nc1c(C)nc2sccn2c1=O. The molecule has 0 saturated carbocycles. The van der Waals surface area contributed by atoms with Crippen LogP contribution >= 0.6 is 22.7 Å². The average Bonchev–Trinajstić information content (AvgIpc) is 3.26. The lowest BCUT2D eigenvalue weighted by Gasteiger charge is -2.06. The number of carbonyl (C=O) groups excluding carboxylic acids is 1. The highest BCUT2D eigenvalue weighted by molar-refractivity contribution is 7.17. The predicted molar refractivity (Wildman–Crippen MR) is 104 cm³/mol. The number of amides is 1. The topological polar surface area (TPSA) is 76.4 Å². The van der Waals surface area contributed by atoms with Gasteiger partial charge in [0.25, 0.3) is 11.5 Å². The number of aromatic nitrogens is 3. The Labute approximate surface area is 156 Å². The second-order valence-corrected chi connectivity index (χ2v) is 7.56. The van der Waals surface area contributed by atoms with Gasteiger partial charge in [0.1, 0.15) is 15.6 Å². The summed E-state index contributed by atoms with van der Waals surface area (Å²) >= 11 is 2.68. The van der Waals surface area contributed by atoms with Crippen molar-refractivity contribution in [2.24, 2.45) is 0 Å². The molecule has 8 heteroatoms. The van der Waals surface area contributed by atoms with Crippen molar-refractivity contribution in [2.45, 2.75) is 13.8 Å². The molecule has 0 spiro atoms. The molecule has 0 aliphatic carbocycles. The van der Waals surface area contributed by atoms with E-state index < -0.39 is 0 Å². The van der Waals surface area contributed by atoms with Gasteiger partial charge >= 0.3 is 0 Å². The molecule has 0 fully saturated rings. The van der Waals surface area contributed by atoms with Crippen molar-refractivity contribution >= 4 is 39.2 Å². The van der Waals surface area contributed by atoms with E-state index in [1.54, 1.807) is 25.4 Å². The quantitative estimate of drug-likeness (QED) is 0.585. The monoisotopic (exact) mass is 382 g/mol. The van der Waals surface area contributed by atoms with E-state index in [9.17, 15) is 9.59 Å². The summed E-state index contributed by atoms with van der Waals surface area (Å²) < 4.78 is 1.43. The Hall–Kier alpha value is -2.84. The van der Waals surface area contributed by atoms with Crippen LogP contribution in [0.25, 0.3) is 15.5 Å². The molecular formula is C18H14N4O2S2. The summed E-state index contributed by atoms with van der Waals surface area (Å²) in [7, 11) is 0. The Morgan fingerprint density at radius 1 is 1.12 bits per heavy atom. The summed E-state index contributed by atoms with van der Waals surface area (Å²) in [6.45, 7) is 3.50. The lowest BCUT2D eigenvalue weighted by Crippen LogP contribution is -2.24. The maximum atomic E-state index is 12.7. The van der Waals surface area contributed by atoms with Gasteiger partial charge in [-0.15, -0.1) is 22.7 Å². The predicted octanol–water partition coefficient (Wildman–Crippen LogP) is 3.75. The maximum absolute atomic E-state index is 12.7. The minimum absolute atomic E-state index is 0.194. The van der Waals surface area contributed by atoms with Crippen molar-refractivity contribution in [1.29, 1.82) is 0 Å². The van der Waals surface area contributed by atoms with Crippen LogP contribution in [0, 0.1) is 13.8 Å². The average molecular weight is 382 g/mol. The Balaban J connectivity index is 1.70. The van der Waals surface area contributed by atoms with Crippen LogP contribution in [-0.2, 0) is 0 Å². The summed E-state index contributed by atoms with van der Waals surface area (Å²) in [5, 5.41) is 5.28. The van der Waals surface area contributed by atoms with E-state index in [1.807, 2.05) is 30.3 Å². The highest BCUT2D eigenvalue weighted by atomic mass is 32.1. The number of thiazole rings is 2. The van der Waals surface area contributed by atoms with E-state index in [1.165, 1.54) is 27.1 Å². The molecule has 3 aromatic heterocycles. The number of carbonyl (C=O) groups is 1. The maximum Gasteiger partial charge on any atom is 0.282 e. The molecule has 4 aromatic rings. The number of nitrogens with one attached hydrogen (secondary N) is 1. The van der Waals surface area contributed by atoms with Crippen LogP contribution in [0.3, 0.4) is 0 Å². The molecule has 4 rings (SSSR count). The Morgan fingerprint density at radius 2 is 1.88 bits per heavy atom. The van der Waals surface area contributed by atoms with E-state index >= 15 is 0 Å². The van der Waals surface area contributed by atoms with E-state index in [-0.39, 0.29) is 17.2 Å². The van der Waals surface area contributed by atoms with Crippen molar-refractivity contribution in [1.82, 2.24) is 14.4 Å². The van der Waals surface area contributed by atoms with E-state index in [2.05, 4.69) is 15.3 Å². The van der Waals surface area contributed by atoms with Gasteiger partial charge in [-0.25, -0.2) is 9.97 Å². The van der Waals surface area contributed by atoms with Crippen LogP contribution in [0.2, 0.25) is 0 Å². The third-order valence-electron chi connectivity index (χ3n) is 3.91. The molecule has 0 unspecified atom stereocenters. The highest BCUT2D eigenvalue weighted by Gasteiger charge is 2.19. The molecule has 0 saturated heterocycles. The Morgan fingerprint density at radius 3 is 2.65 bits per heavy atom. The third-order valence-corrected chi connectivity index (χ3v) is 5.87. The molecule has 1 amide bonds. The number of fused-ring (bicyclic) bond motifs is 1. The fraction of sp³-hybridized carbons (Fsp3) is 0.111. The molecule has 0 aliphatic heterocycles. The molecule has 0 atom stereocenters. The van der Waals surface area contributed by atoms with Gasteiger partial charge in [-0.3, -0.25) is 14.0 Å². The molecule has 3 heterocycles. The van der Waals surface area contributed by atoms with Gasteiger partial charge in [0.15, 0.2) is 4.96 Å². The molecule has 6 nitrogen and oxygen atoms in total. The largest absolute Gasteiger partial charge is 0.315 e. The summed E-state index contributed by atoms with van der Waals surface area (Å²) in [6.07, 6.45) is 1.65. The summed E-state index contributed by atoms with van der Waals surface area (Å²) in [4.78, 5) is 35.3. The van der Waals surface area contributed by atoms with Crippen molar-refractivity contribution in [3.8, 4) is 10.6 Å². The zero-order valence-corrected chi connectivity index (χ0v) is 15.6. The lowest BCUT2D eigenvalue weighted by molar-refractivity contribution is 0.102. The Kier molecular flexibility index (Phi) is 4.14. The third kappa shape index (κ3) is 2.83. The number of aryl methyl sites for hydroxylation is 2. The second-order valence-electron chi connectivity index (χ2n) is 5.69. The van der Waals surface area contributed by atoms with Gasteiger partial charge < -0.3 is 5.32 Å². The summed E-state index contributed by atoms with van der Waals surface area (Å²) in [6, 6.07) is 9.69. The van der Waals surface area contributed by atoms with Gasteiger partial charge in [0.2, 0.25) is 0 Å². The van der Waals surface area contributed by atoms with Crippen LogP contribution in [0.4, 0.5) is 5.69 Å². The smallest absolute Gasteiger partial charge is 0.282 e. The number of hydrogen-bond acceptors (Lipinski definition) is 6. The molecule has 1 N–H and O–H groups in total. The molecule has 0 bridgehead atoms. The van der Waals surface area contributed by atoms with Crippen molar-refractivity contribution in [3.05, 3.63) is 68.5 Å². The zero-order valence-electron chi connectivity index (χ0n) is 14.0. The highest BCUT2D eigenvalue weighted by Crippen LogP contribution is 2.28. The van der Waals surface area contributed by atoms with Crippen LogP contribution in [0.5, 0.6) is 0 Å². The first-order valence-electron chi connectivity index (χ1n) is 7.85. The van der Waals surface area contributed by atoms with E-state index in [0.717, 1.165) is 10.6 Å². The molecule has 1 aromatic carbocycles. The summed E-state index contributed by atoms with van der Waals surface area (Å²) in [5.74, 6) is -0.348. The standard InChI is InChI=1S/C18H14N4O2S2/c1-10-13(17(24)22-8-9-25-18(22)20-10)21-15(23)14-11(2)19-16(26-14)12-6-4-3-5-7-12/h3-9H,1-2H3,(H,21,23). The number of rotatable bonds is 3. The molecule has 26 heavy (non-hydrogen) atoms. The number of hydrogen-bond donors (Lipinski definition) is 1. The van der Waals surface area contributed by atoms with Crippen molar-refractivity contribution in [2.75, 3.05) is 5.32 Å². The zero-order chi connectivity index (χ0) is 18.3. The fourth-order valence-corrected chi connectivity index (χ4v) is 4.33. The van der Waals surface area contributed by atoms with Crippen LogP contribution in [-0.4, -0.2) is 20.3 Å². The fourth-order valence-electron chi connectivity index (χ4n) is 2.61. The number of anilines is 1. The Bertz CT molecular complexity index is 1180. The normalized spacial score (nSPS) is 11.0. The van der Waals surface area contributed by atoms with Crippen molar-refractivity contribution in [3.63, 3.8) is 0 Å². The van der Waals surface area contributed by atoms with Gasteiger partial charge in [-0.1, -0.05) is 30.3 Å². The van der Waals surface area contributed by atoms with Crippen LogP contribution < -0.4 is 10.9 Å². The summed E-state index contributed by atoms with van der Waals surface area (Å²) in [5.41, 5.74) is 2.00. The number of nitrogens with zero attached hydrogens (tertiary/aromatic N) is 3. The van der Waals surface area contributed by atoms with Gasteiger partial charge in [0, 0.05) is 17.1 Å².